The zero-order valence-corrected chi connectivity index (χ0v) is 11.0. The lowest BCUT2D eigenvalue weighted by atomic mass is 10.2. The van der Waals surface area contributed by atoms with Crippen LogP contribution < -0.4 is 9.47 Å². The molecule has 7 heteroatoms. The molecular weight excluding hydrogens is 278 g/mol. The molecule has 0 aliphatic heterocycles. The summed E-state index contributed by atoms with van der Waals surface area (Å²) in [4.78, 5) is 21.6. The lowest BCUT2D eigenvalue weighted by molar-refractivity contribution is -0.385. The van der Waals surface area contributed by atoms with Crippen LogP contribution in [0.1, 0.15) is 10.4 Å². The van der Waals surface area contributed by atoms with Crippen molar-refractivity contribution in [1.82, 2.24) is 0 Å². The van der Waals surface area contributed by atoms with Gasteiger partial charge in [0.15, 0.2) is 11.5 Å². The fraction of sp³-hybridized carbons (Fsp3) is 0.0714. The SMILES string of the molecule is COc1cccc(C(=O)O)c1Oc1ccccc1[N+](=O)[O-]. The number of nitrogens with zero attached hydrogens (tertiary/aromatic N) is 1. The van der Waals surface area contributed by atoms with Gasteiger partial charge in [-0.25, -0.2) is 4.79 Å². The molecule has 0 atom stereocenters. The average molecular weight is 289 g/mol. The predicted molar refractivity (Wildman–Crippen MR) is 73.1 cm³/mol. The van der Waals surface area contributed by atoms with E-state index in [-0.39, 0.29) is 28.5 Å². The molecule has 0 amide bonds. The topological polar surface area (TPSA) is 98.9 Å². The summed E-state index contributed by atoms with van der Waals surface area (Å²) >= 11 is 0. The fourth-order valence-electron chi connectivity index (χ4n) is 1.75. The molecule has 0 unspecified atom stereocenters. The number of nitro benzene ring substituents is 1. The quantitative estimate of drug-likeness (QED) is 0.670. The van der Waals surface area contributed by atoms with E-state index in [4.69, 9.17) is 9.47 Å². The van der Waals surface area contributed by atoms with E-state index in [1.165, 1.54) is 43.5 Å². The largest absolute Gasteiger partial charge is 0.493 e. The molecule has 0 radical (unpaired) electrons. The number of para-hydroxylation sites is 3. The molecule has 21 heavy (non-hydrogen) atoms. The Hall–Kier alpha value is -3.09. The van der Waals surface area contributed by atoms with E-state index >= 15 is 0 Å². The highest BCUT2D eigenvalue weighted by molar-refractivity contribution is 5.92. The van der Waals surface area contributed by atoms with Gasteiger partial charge < -0.3 is 14.6 Å². The fourth-order valence-corrected chi connectivity index (χ4v) is 1.75. The van der Waals surface area contributed by atoms with Crippen molar-refractivity contribution in [3.05, 3.63) is 58.1 Å². The molecule has 0 saturated carbocycles. The van der Waals surface area contributed by atoms with Crippen molar-refractivity contribution in [2.75, 3.05) is 7.11 Å². The number of carbonyl (C=O) groups is 1. The predicted octanol–water partition coefficient (Wildman–Crippen LogP) is 3.09. The van der Waals surface area contributed by atoms with Gasteiger partial charge in [-0.1, -0.05) is 18.2 Å². The Bertz CT molecular complexity index is 698. The Morgan fingerprint density at radius 2 is 1.81 bits per heavy atom. The van der Waals surface area contributed by atoms with E-state index in [0.29, 0.717) is 0 Å². The molecule has 0 heterocycles. The zero-order chi connectivity index (χ0) is 15.4. The van der Waals surface area contributed by atoms with Gasteiger partial charge in [0.2, 0.25) is 5.75 Å². The molecule has 2 rings (SSSR count). The highest BCUT2D eigenvalue weighted by Crippen LogP contribution is 2.38. The number of ether oxygens (including phenoxy) is 2. The third kappa shape index (κ3) is 2.92. The van der Waals surface area contributed by atoms with Gasteiger partial charge in [0, 0.05) is 6.07 Å². The van der Waals surface area contributed by atoms with E-state index < -0.39 is 10.9 Å². The number of aromatic carboxylic acids is 1. The summed E-state index contributed by atoms with van der Waals surface area (Å²) in [5.74, 6) is -1.19. The lowest BCUT2D eigenvalue weighted by Gasteiger charge is -2.12. The van der Waals surface area contributed by atoms with Crippen molar-refractivity contribution < 1.29 is 24.3 Å². The Morgan fingerprint density at radius 3 is 2.43 bits per heavy atom. The van der Waals surface area contributed by atoms with Gasteiger partial charge in [-0.05, 0) is 18.2 Å². The number of hydrogen-bond acceptors (Lipinski definition) is 5. The number of benzene rings is 2. The summed E-state index contributed by atoms with van der Waals surface area (Å²) in [7, 11) is 1.35. The van der Waals surface area contributed by atoms with Crippen molar-refractivity contribution in [2.24, 2.45) is 0 Å². The van der Waals surface area contributed by atoms with E-state index in [2.05, 4.69) is 0 Å². The molecule has 0 spiro atoms. The van der Waals surface area contributed by atoms with Crippen LogP contribution in [-0.2, 0) is 0 Å². The summed E-state index contributed by atoms with van der Waals surface area (Å²) in [6, 6.07) is 10.0. The van der Waals surface area contributed by atoms with E-state index in [0.717, 1.165) is 0 Å². The van der Waals surface area contributed by atoms with Crippen LogP contribution in [0.4, 0.5) is 5.69 Å². The van der Waals surface area contributed by atoms with Crippen LogP contribution in [-0.4, -0.2) is 23.1 Å². The first-order valence-electron chi connectivity index (χ1n) is 5.86. The number of methoxy groups -OCH3 is 1. The Balaban J connectivity index is 2.54. The van der Waals surface area contributed by atoms with Crippen LogP contribution in [0.25, 0.3) is 0 Å². The van der Waals surface area contributed by atoms with Gasteiger partial charge in [-0.2, -0.15) is 0 Å². The first kappa shape index (κ1) is 14.3. The van der Waals surface area contributed by atoms with Crippen LogP contribution in [0.3, 0.4) is 0 Å². The highest BCUT2D eigenvalue weighted by atomic mass is 16.6. The molecule has 108 valence electrons. The highest BCUT2D eigenvalue weighted by Gasteiger charge is 2.21. The van der Waals surface area contributed by atoms with Gasteiger partial charge in [-0.3, -0.25) is 10.1 Å². The zero-order valence-electron chi connectivity index (χ0n) is 11.0. The molecule has 0 saturated heterocycles. The summed E-state index contributed by atoms with van der Waals surface area (Å²) < 4.78 is 10.5. The second-order valence-electron chi connectivity index (χ2n) is 3.97. The number of nitro groups is 1. The van der Waals surface area contributed by atoms with Gasteiger partial charge in [-0.15, -0.1) is 0 Å². The minimum Gasteiger partial charge on any atom is -0.493 e. The van der Waals surface area contributed by atoms with Crippen molar-refractivity contribution >= 4 is 11.7 Å². The average Bonchev–Trinajstić information content (AvgIpc) is 2.47. The van der Waals surface area contributed by atoms with Crippen LogP contribution in [0, 0.1) is 10.1 Å². The molecule has 7 nitrogen and oxygen atoms in total. The molecule has 0 bridgehead atoms. The Kier molecular flexibility index (Phi) is 4.03. The molecule has 2 aromatic rings. The number of carboxylic acid groups (broad SMARTS) is 1. The van der Waals surface area contributed by atoms with E-state index in [9.17, 15) is 20.0 Å². The first-order valence-corrected chi connectivity index (χ1v) is 5.86. The Labute approximate surface area is 119 Å². The van der Waals surface area contributed by atoms with E-state index in [1.807, 2.05) is 0 Å². The van der Waals surface area contributed by atoms with Crippen molar-refractivity contribution in [3.8, 4) is 17.2 Å². The standard InChI is InChI=1S/C14H11NO6/c1-20-12-8-4-5-9(14(16)17)13(12)21-11-7-3-2-6-10(11)15(18)19/h2-8H,1H3,(H,16,17). The van der Waals surface area contributed by atoms with Crippen molar-refractivity contribution in [1.29, 1.82) is 0 Å². The van der Waals surface area contributed by atoms with Gasteiger partial charge in [0.05, 0.1) is 12.0 Å². The number of hydrogen-bond donors (Lipinski definition) is 1. The van der Waals surface area contributed by atoms with Crippen molar-refractivity contribution in [3.63, 3.8) is 0 Å². The second kappa shape index (κ2) is 5.91. The summed E-state index contributed by atoms with van der Waals surface area (Å²) in [6.07, 6.45) is 0. The number of rotatable bonds is 5. The van der Waals surface area contributed by atoms with E-state index in [1.54, 1.807) is 6.07 Å². The smallest absolute Gasteiger partial charge is 0.339 e. The Morgan fingerprint density at radius 1 is 1.14 bits per heavy atom. The van der Waals surface area contributed by atoms with Crippen LogP contribution in [0.2, 0.25) is 0 Å². The molecule has 0 aliphatic rings. The maximum atomic E-state index is 11.2. The normalized spacial score (nSPS) is 9.95. The third-order valence-electron chi connectivity index (χ3n) is 2.70. The van der Waals surface area contributed by atoms with Crippen LogP contribution >= 0.6 is 0 Å². The molecule has 1 N–H and O–H groups in total. The molecule has 0 fully saturated rings. The molecular formula is C14H11NO6. The van der Waals surface area contributed by atoms with Gasteiger partial charge in [0.25, 0.3) is 0 Å². The number of carboxylic acids is 1. The van der Waals surface area contributed by atoms with Gasteiger partial charge in [0.1, 0.15) is 5.56 Å². The van der Waals surface area contributed by atoms with Crippen LogP contribution in [0.5, 0.6) is 17.2 Å². The van der Waals surface area contributed by atoms with Crippen molar-refractivity contribution in [2.45, 2.75) is 0 Å². The summed E-state index contributed by atoms with van der Waals surface area (Å²) in [5.41, 5.74) is -0.410. The maximum Gasteiger partial charge on any atom is 0.339 e. The molecule has 0 aromatic heterocycles. The van der Waals surface area contributed by atoms with Gasteiger partial charge >= 0.3 is 11.7 Å². The molecule has 2 aromatic carbocycles. The monoisotopic (exact) mass is 289 g/mol. The second-order valence-corrected chi connectivity index (χ2v) is 3.97. The minimum atomic E-state index is -1.22. The summed E-state index contributed by atoms with van der Waals surface area (Å²) in [6.45, 7) is 0. The minimum absolute atomic E-state index is 0.0606. The molecule has 0 aliphatic carbocycles. The third-order valence-corrected chi connectivity index (χ3v) is 2.70. The lowest BCUT2D eigenvalue weighted by Crippen LogP contribution is -2.03. The summed E-state index contributed by atoms with van der Waals surface area (Å²) in [5, 5.41) is 20.1. The maximum absolute atomic E-state index is 11.2. The van der Waals surface area contributed by atoms with Crippen LogP contribution in [0.15, 0.2) is 42.5 Å². The first-order chi connectivity index (χ1) is 10.0.